The molecule has 0 unspecified atom stereocenters. The topological polar surface area (TPSA) is 17.1 Å². The average Bonchev–Trinajstić information content (AvgIpc) is 2.33. The van der Waals surface area contributed by atoms with Crippen LogP contribution in [-0.4, -0.2) is 5.78 Å². The largest absolute Gasteiger partial charge is 0.288 e. The van der Waals surface area contributed by atoms with E-state index in [2.05, 4.69) is 31.9 Å². The summed E-state index contributed by atoms with van der Waals surface area (Å²) in [5.41, 5.74) is 0.234. The lowest BCUT2D eigenvalue weighted by Crippen LogP contribution is -2.05. The highest BCUT2D eigenvalue weighted by molar-refractivity contribution is 9.10. The molecule has 2 aromatic carbocycles. The molecule has 0 saturated heterocycles. The van der Waals surface area contributed by atoms with Crippen molar-refractivity contribution in [1.82, 2.24) is 0 Å². The zero-order chi connectivity index (χ0) is 14.2. The zero-order valence-electron chi connectivity index (χ0n) is 9.18. The smallest absolute Gasteiger partial charge is 0.197 e. The number of halogens is 5. The minimum Gasteiger partial charge on any atom is -0.288 e. The molecule has 0 aliphatic rings. The molecular formula is C13H5Br2Cl2FO. The minimum absolute atomic E-state index is 0.0868. The summed E-state index contributed by atoms with van der Waals surface area (Å²) >= 11 is 18.0. The number of carbonyl (C=O) groups excluding carboxylic acids is 1. The van der Waals surface area contributed by atoms with E-state index in [0.717, 1.165) is 0 Å². The summed E-state index contributed by atoms with van der Waals surface area (Å²) in [6.45, 7) is 0. The van der Waals surface area contributed by atoms with E-state index in [9.17, 15) is 9.18 Å². The Kier molecular flexibility index (Phi) is 4.66. The second-order valence-electron chi connectivity index (χ2n) is 3.70. The monoisotopic (exact) mass is 424 g/mol. The van der Waals surface area contributed by atoms with Gasteiger partial charge in [0.1, 0.15) is 5.82 Å². The third-order valence-electron chi connectivity index (χ3n) is 2.43. The Hall–Kier alpha value is -0.420. The lowest BCUT2D eigenvalue weighted by atomic mass is 10.0. The van der Waals surface area contributed by atoms with Crippen LogP contribution in [0.4, 0.5) is 4.39 Å². The van der Waals surface area contributed by atoms with Crippen molar-refractivity contribution in [2.45, 2.75) is 0 Å². The van der Waals surface area contributed by atoms with Crippen LogP contribution in [0, 0.1) is 5.82 Å². The van der Waals surface area contributed by atoms with Gasteiger partial charge in [0, 0.05) is 19.5 Å². The summed E-state index contributed by atoms with van der Waals surface area (Å²) in [6, 6.07) is 7.14. The zero-order valence-corrected chi connectivity index (χ0v) is 13.9. The number of hydrogen-bond donors (Lipinski definition) is 0. The third-order valence-corrected chi connectivity index (χ3v) is 4.52. The predicted molar refractivity (Wildman–Crippen MR) is 81.7 cm³/mol. The van der Waals surface area contributed by atoms with E-state index in [1.165, 1.54) is 18.2 Å². The SMILES string of the molecule is O=C(c1cc(Cl)c(Br)cc1F)c1ccc(Cl)cc1Br. The second-order valence-corrected chi connectivity index (χ2v) is 6.25. The summed E-state index contributed by atoms with van der Waals surface area (Å²) in [5.74, 6) is -1.10. The van der Waals surface area contributed by atoms with Gasteiger partial charge in [-0.15, -0.1) is 0 Å². The molecule has 0 aromatic heterocycles. The molecule has 19 heavy (non-hydrogen) atoms. The number of ketones is 1. The molecule has 0 spiro atoms. The van der Waals surface area contributed by atoms with Crippen LogP contribution in [0.3, 0.4) is 0 Å². The minimum atomic E-state index is -0.636. The van der Waals surface area contributed by atoms with Crippen molar-refractivity contribution >= 4 is 60.8 Å². The maximum atomic E-state index is 13.8. The Morgan fingerprint density at radius 3 is 2.32 bits per heavy atom. The summed E-state index contributed by atoms with van der Waals surface area (Å²) < 4.78 is 14.7. The van der Waals surface area contributed by atoms with Gasteiger partial charge in [-0.1, -0.05) is 23.2 Å². The maximum absolute atomic E-state index is 13.8. The van der Waals surface area contributed by atoms with Crippen LogP contribution in [0.2, 0.25) is 10.0 Å². The Morgan fingerprint density at radius 2 is 1.68 bits per heavy atom. The van der Waals surface area contributed by atoms with Crippen LogP contribution in [0.25, 0.3) is 0 Å². The molecule has 0 bridgehead atoms. The fourth-order valence-electron chi connectivity index (χ4n) is 1.52. The van der Waals surface area contributed by atoms with Gasteiger partial charge in [0.25, 0.3) is 0 Å². The number of rotatable bonds is 2. The van der Waals surface area contributed by atoms with Crippen molar-refractivity contribution in [2.24, 2.45) is 0 Å². The molecule has 0 fully saturated rings. The van der Waals surface area contributed by atoms with E-state index in [4.69, 9.17) is 23.2 Å². The van der Waals surface area contributed by atoms with Gasteiger partial charge in [0.05, 0.1) is 10.6 Å². The molecule has 0 radical (unpaired) electrons. The van der Waals surface area contributed by atoms with Crippen molar-refractivity contribution in [1.29, 1.82) is 0 Å². The number of carbonyl (C=O) groups is 1. The molecule has 2 rings (SSSR count). The van der Waals surface area contributed by atoms with E-state index in [1.807, 2.05) is 0 Å². The lowest BCUT2D eigenvalue weighted by molar-refractivity contribution is 0.103. The molecule has 0 saturated carbocycles. The molecule has 0 heterocycles. The summed E-state index contributed by atoms with van der Waals surface area (Å²) in [7, 11) is 0. The molecule has 0 amide bonds. The van der Waals surface area contributed by atoms with Crippen LogP contribution < -0.4 is 0 Å². The highest BCUT2D eigenvalue weighted by Crippen LogP contribution is 2.29. The van der Waals surface area contributed by atoms with Crippen molar-refractivity contribution in [3.8, 4) is 0 Å². The van der Waals surface area contributed by atoms with Crippen molar-refractivity contribution in [3.05, 3.63) is 66.3 Å². The number of benzene rings is 2. The third kappa shape index (κ3) is 3.19. The van der Waals surface area contributed by atoms with Crippen molar-refractivity contribution in [3.63, 3.8) is 0 Å². The van der Waals surface area contributed by atoms with E-state index >= 15 is 0 Å². The Morgan fingerprint density at radius 1 is 1.00 bits per heavy atom. The standard InChI is InChI=1S/C13H5Br2Cl2FO/c14-9-3-6(16)1-2-7(9)13(19)8-4-11(17)10(15)5-12(8)18/h1-5H. The van der Waals surface area contributed by atoms with E-state index in [1.54, 1.807) is 12.1 Å². The van der Waals surface area contributed by atoms with Gasteiger partial charge in [-0.2, -0.15) is 0 Å². The molecule has 0 aliphatic heterocycles. The molecule has 2 aromatic rings. The fourth-order valence-corrected chi connectivity index (χ4v) is 2.86. The summed E-state index contributed by atoms with van der Waals surface area (Å²) in [4.78, 5) is 12.3. The number of hydrogen-bond acceptors (Lipinski definition) is 1. The maximum Gasteiger partial charge on any atom is 0.197 e. The first-order valence-corrected chi connectivity index (χ1v) is 7.38. The first-order valence-electron chi connectivity index (χ1n) is 5.04. The van der Waals surface area contributed by atoms with Gasteiger partial charge in [-0.25, -0.2) is 4.39 Å². The highest BCUT2D eigenvalue weighted by atomic mass is 79.9. The van der Waals surface area contributed by atoms with Gasteiger partial charge in [-0.3, -0.25) is 4.79 Å². The molecule has 0 atom stereocenters. The van der Waals surface area contributed by atoms with Gasteiger partial charge >= 0.3 is 0 Å². The first-order chi connectivity index (χ1) is 8.90. The van der Waals surface area contributed by atoms with Gasteiger partial charge in [0.15, 0.2) is 5.78 Å². The predicted octanol–water partition coefficient (Wildman–Crippen LogP) is 5.89. The molecular weight excluding hydrogens is 422 g/mol. The van der Waals surface area contributed by atoms with Gasteiger partial charge < -0.3 is 0 Å². The van der Waals surface area contributed by atoms with E-state index < -0.39 is 11.6 Å². The first kappa shape index (κ1) is 15.0. The average molecular weight is 427 g/mol. The molecule has 6 heteroatoms. The normalized spacial score (nSPS) is 10.6. The Labute approximate surface area is 136 Å². The van der Waals surface area contributed by atoms with Crippen LogP contribution >= 0.6 is 55.1 Å². The molecule has 1 nitrogen and oxygen atoms in total. The fraction of sp³-hybridized carbons (Fsp3) is 0. The Balaban J connectivity index is 2.53. The van der Waals surface area contributed by atoms with Gasteiger partial charge in [-0.05, 0) is 62.2 Å². The van der Waals surface area contributed by atoms with E-state index in [-0.39, 0.29) is 10.6 Å². The summed E-state index contributed by atoms with van der Waals surface area (Å²) in [6.07, 6.45) is 0. The van der Waals surface area contributed by atoms with Gasteiger partial charge in [0.2, 0.25) is 0 Å². The second kappa shape index (κ2) is 5.92. The van der Waals surface area contributed by atoms with E-state index in [0.29, 0.717) is 19.5 Å². The molecule has 0 N–H and O–H groups in total. The van der Waals surface area contributed by atoms with Crippen molar-refractivity contribution in [2.75, 3.05) is 0 Å². The summed E-state index contributed by atoms with van der Waals surface area (Å²) in [5, 5.41) is 0.757. The quantitative estimate of drug-likeness (QED) is 0.432. The van der Waals surface area contributed by atoms with Crippen LogP contribution in [0.5, 0.6) is 0 Å². The Bertz CT molecular complexity index is 674. The lowest BCUT2D eigenvalue weighted by Gasteiger charge is -2.07. The van der Waals surface area contributed by atoms with Crippen LogP contribution in [0.15, 0.2) is 39.3 Å². The molecule has 98 valence electrons. The molecule has 0 aliphatic carbocycles. The van der Waals surface area contributed by atoms with Crippen LogP contribution in [-0.2, 0) is 0 Å². The van der Waals surface area contributed by atoms with Crippen molar-refractivity contribution < 1.29 is 9.18 Å². The highest BCUT2D eigenvalue weighted by Gasteiger charge is 2.18. The van der Waals surface area contributed by atoms with Crippen LogP contribution in [0.1, 0.15) is 15.9 Å².